The number of carbonyl (C=O) groups is 3. The van der Waals surface area contributed by atoms with Crippen LogP contribution in [0.4, 0.5) is 4.79 Å². The predicted molar refractivity (Wildman–Crippen MR) is 120 cm³/mol. The van der Waals surface area contributed by atoms with Crippen LogP contribution in [0.5, 0.6) is 0 Å². The number of aromatic nitrogens is 1. The van der Waals surface area contributed by atoms with Crippen LogP contribution >= 0.6 is 0 Å². The Hall–Kier alpha value is -3.26. The lowest BCUT2D eigenvalue weighted by Crippen LogP contribution is -2.52. The number of carbonyl (C=O) groups excluding carboxylic acids is 3. The van der Waals surface area contributed by atoms with E-state index >= 15 is 0 Å². The summed E-state index contributed by atoms with van der Waals surface area (Å²) in [5.74, 6) is -0.521. The Morgan fingerprint density at radius 3 is 2.38 bits per heavy atom. The third-order valence-corrected chi connectivity index (χ3v) is 6.28. The molecule has 1 atom stereocenters. The maximum Gasteiger partial charge on any atom is 0.325 e. The fourth-order valence-electron chi connectivity index (χ4n) is 4.24. The fraction of sp³-hybridized carbons (Fsp3) is 0.417. The molecule has 4 rings (SSSR count). The van der Waals surface area contributed by atoms with Crippen LogP contribution in [-0.2, 0) is 22.6 Å². The molecule has 0 bridgehead atoms. The van der Waals surface area contributed by atoms with Crippen molar-refractivity contribution < 1.29 is 14.4 Å². The molecule has 2 aliphatic rings. The van der Waals surface area contributed by atoms with Crippen LogP contribution in [-0.4, -0.2) is 75.8 Å². The zero-order valence-electron chi connectivity index (χ0n) is 18.4. The van der Waals surface area contributed by atoms with E-state index in [0.717, 1.165) is 30.1 Å². The zero-order chi connectivity index (χ0) is 22.6. The molecular formula is C24H29N5O3. The minimum atomic E-state index is -0.990. The van der Waals surface area contributed by atoms with E-state index in [9.17, 15) is 14.4 Å². The second kappa shape index (κ2) is 9.48. The molecule has 1 aromatic carbocycles. The summed E-state index contributed by atoms with van der Waals surface area (Å²) in [5, 5.41) is 2.80. The minimum Gasteiger partial charge on any atom is -0.339 e. The number of amides is 4. The third kappa shape index (κ3) is 4.96. The largest absolute Gasteiger partial charge is 0.339 e. The number of pyridine rings is 1. The number of aryl methyl sites for hydroxylation is 1. The molecule has 0 radical (unpaired) electrons. The summed E-state index contributed by atoms with van der Waals surface area (Å²) >= 11 is 0. The van der Waals surface area contributed by atoms with Crippen LogP contribution in [0.1, 0.15) is 24.5 Å². The third-order valence-electron chi connectivity index (χ3n) is 6.28. The van der Waals surface area contributed by atoms with Gasteiger partial charge < -0.3 is 10.2 Å². The van der Waals surface area contributed by atoms with Crippen molar-refractivity contribution in [3.63, 3.8) is 0 Å². The molecule has 0 spiro atoms. The summed E-state index contributed by atoms with van der Waals surface area (Å²) in [5.41, 5.74) is 1.31. The van der Waals surface area contributed by atoms with Crippen molar-refractivity contribution in [2.75, 3.05) is 32.7 Å². The van der Waals surface area contributed by atoms with Crippen molar-refractivity contribution in [1.82, 2.24) is 25.0 Å². The summed E-state index contributed by atoms with van der Waals surface area (Å²) in [4.78, 5) is 47.4. The standard InChI is InChI=1S/C24H29N5O3/c1-24(10-7-19-5-3-2-4-6-19)22(31)29(23(32)26-24)18-21(30)28-15-13-27(14-16-28)17-20-8-11-25-12-9-20/h2-6,8-9,11-12H,7,10,13-18H2,1H3,(H,26,32)/t24-/m0/s1. The molecule has 2 aliphatic heterocycles. The van der Waals surface area contributed by atoms with Crippen molar-refractivity contribution in [2.45, 2.75) is 31.8 Å². The topological polar surface area (TPSA) is 85.8 Å². The molecule has 3 heterocycles. The Labute approximate surface area is 188 Å². The number of hydrogen-bond acceptors (Lipinski definition) is 5. The van der Waals surface area contributed by atoms with Gasteiger partial charge in [-0.2, -0.15) is 0 Å². The van der Waals surface area contributed by atoms with E-state index < -0.39 is 11.6 Å². The highest BCUT2D eigenvalue weighted by molar-refractivity contribution is 6.08. The van der Waals surface area contributed by atoms with Crippen LogP contribution in [0.15, 0.2) is 54.9 Å². The van der Waals surface area contributed by atoms with E-state index in [0.29, 0.717) is 25.9 Å². The Balaban J connectivity index is 1.28. The normalized spacial score (nSPS) is 21.7. The zero-order valence-corrected chi connectivity index (χ0v) is 18.4. The second-order valence-corrected chi connectivity index (χ2v) is 8.65. The van der Waals surface area contributed by atoms with Gasteiger partial charge in [0.05, 0.1) is 0 Å². The van der Waals surface area contributed by atoms with Gasteiger partial charge in [-0.05, 0) is 43.0 Å². The lowest BCUT2D eigenvalue weighted by molar-refractivity contribution is -0.139. The van der Waals surface area contributed by atoms with Crippen LogP contribution in [0.3, 0.4) is 0 Å². The summed E-state index contributed by atoms with van der Waals surface area (Å²) in [6.07, 6.45) is 4.71. The molecule has 168 valence electrons. The Bertz CT molecular complexity index is 960. The lowest BCUT2D eigenvalue weighted by atomic mass is 9.93. The van der Waals surface area contributed by atoms with Crippen LogP contribution in [0.25, 0.3) is 0 Å². The van der Waals surface area contributed by atoms with E-state index in [1.807, 2.05) is 42.5 Å². The molecule has 1 N–H and O–H groups in total. The summed E-state index contributed by atoms with van der Waals surface area (Å²) < 4.78 is 0. The van der Waals surface area contributed by atoms with Gasteiger partial charge in [0.2, 0.25) is 5.91 Å². The maximum atomic E-state index is 13.0. The van der Waals surface area contributed by atoms with Gasteiger partial charge in [0.25, 0.3) is 5.91 Å². The Morgan fingerprint density at radius 1 is 1.00 bits per heavy atom. The molecule has 8 heteroatoms. The van der Waals surface area contributed by atoms with Crippen molar-refractivity contribution in [3.05, 3.63) is 66.0 Å². The number of piperazine rings is 1. The Morgan fingerprint density at radius 2 is 1.69 bits per heavy atom. The number of nitrogens with one attached hydrogen (secondary N) is 1. The smallest absolute Gasteiger partial charge is 0.325 e. The average Bonchev–Trinajstić information content (AvgIpc) is 3.03. The molecular weight excluding hydrogens is 406 g/mol. The molecule has 4 amide bonds. The summed E-state index contributed by atoms with van der Waals surface area (Å²) in [6.45, 7) is 5.01. The first-order valence-corrected chi connectivity index (χ1v) is 11.0. The van der Waals surface area contributed by atoms with Gasteiger partial charge in [0.15, 0.2) is 0 Å². The van der Waals surface area contributed by atoms with Gasteiger partial charge in [0, 0.05) is 45.1 Å². The van der Waals surface area contributed by atoms with Crippen molar-refractivity contribution in [3.8, 4) is 0 Å². The number of urea groups is 1. The van der Waals surface area contributed by atoms with E-state index in [4.69, 9.17) is 0 Å². The number of hydrogen-bond donors (Lipinski definition) is 1. The van der Waals surface area contributed by atoms with Gasteiger partial charge in [-0.3, -0.25) is 24.4 Å². The SMILES string of the molecule is C[C@@]1(CCc2ccccc2)NC(=O)N(CC(=O)N2CCN(Cc3ccncc3)CC2)C1=O. The highest BCUT2D eigenvalue weighted by Gasteiger charge is 2.48. The van der Waals surface area contributed by atoms with E-state index in [2.05, 4.69) is 15.2 Å². The predicted octanol–water partition coefficient (Wildman–Crippen LogP) is 1.67. The number of rotatable bonds is 7. The van der Waals surface area contributed by atoms with Crippen LogP contribution in [0.2, 0.25) is 0 Å². The van der Waals surface area contributed by atoms with Gasteiger partial charge in [-0.25, -0.2) is 4.79 Å². The molecule has 1 aromatic heterocycles. The minimum absolute atomic E-state index is 0.190. The van der Waals surface area contributed by atoms with E-state index in [1.165, 1.54) is 5.56 Å². The highest BCUT2D eigenvalue weighted by atomic mass is 16.2. The lowest BCUT2D eigenvalue weighted by Gasteiger charge is -2.35. The first-order valence-electron chi connectivity index (χ1n) is 11.0. The van der Waals surface area contributed by atoms with Crippen molar-refractivity contribution in [2.24, 2.45) is 0 Å². The van der Waals surface area contributed by atoms with Gasteiger partial charge in [-0.1, -0.05) is 30.3 Å². The number of nitrogens with zero attached hydrogens (tertiary/aromatic N) is 4. The molecule has 0 unspecified atom stereocenters. The van der Waals surface area contributed by atoms with Crippen molar-refractivity contribution in [1.29, 1.82) is 0 Å². The molecule has 32 heavy (non-hydrogen) atoms. The van der Waals surface area contributed by atoms with Gasteiger partial charge in [0.1, 0.15) is 12.1 Å². The molecule has 0 saturated carbocycles. The number of benzene rings is 1. The average molecular weight is 436 g/mol. The quantitative estimate of drug-likeness (QED) is 0.669. The molecule has 0 aliphatic carbocycles. The Kier molecular flexibility index (Phi) is 6.50. The van der Waals surface area contributed by atoms with Gasteiger partial charge >= 0.3 is 6.03 Å². The van der Waals surface area contributed by atoms with E-state index in [-0.39, 0.29) is 18.4 Å². The van der Waals surface area contributed by atoms with Crippen LogP contribution < -0.4 is 5.32 Å². The number of imide groups is 1. The van der Waals surface area contributed by atoms with E-state index in [1.54, 1.807) is 24.2 Å². The highest BCUT2D eigenvalue weighted by Crippen LogP contribution is 2.23. The summed E-state index contributed by atoms with van der Waals surface area (Å²) in [7, 11) is 0. The molecule has 2 fully saturated rings. The molecule has 2 aromatic rings. The summed E-state index contributed by atoms with van der Waals surface area (Å²) in [6, 6.07) is 13.3. The van der Waals surface area contributed by atoms with Crippen molar-refractivity contribution >= 4 is 17.8 Å². The maximum absolute atomic E-state index is 13.0. The van der Waals surface area contributed by atoms with Gasteiger partial charge in [-0.15, -0.1) is 0 Å². The fourth-order valence-corrected chi connectivity index (χ4v) is 4.24. The first kappa shape index (κ1) is 22.0. The second-order valence-electron chi connectivity index (χ2n) is 8.65. The first-order chi connectivity index (χ1) is 15.4. The van der Waals surface area contributed by atoms with Crippen LogP contribution in [0, 0.1) is 0 Å². The molecule has 8 nitrogen and oxygen atoms in total. The molecule has 2 saturated heterocycles. The monoisotopic (exact) mass is 435 g/mol.